The number of carbonyl (C=O) groups is 1. The fourth-order valence-corrected chi connectivity index (χ4v) is 1.85. The van der Waals surface area contributed by atoms with E-state index in [1.54, 1.807) is 24.3 Å². The van der Waals surface area contributed by atoms with Crippen LogP contribution in [0.1, 0.15) is 29.3 Å². The van der Waals surface area contributed by atoms with Crippen LogP contribution in [0.5, 0.6) is 17.2 Å². The summed E-state index contributed by atoms with van der Waals surface area (Å²) < 4.78 is 5.52. The lowest BCUT2D eigenvalue weighted by Gasteiger charge is -2.09. The van der Waals surface area contributed by atoms with Crippen molar-refractivity contribution in [2.24, 2.45) is 5.10 Å². The molecular formula is C17H18N2O4. The summed E-state index contributed by atoms with van der Waals surface area (Å²) >= 11 is 0. The number of para-hydroxylation sites is 1. The van der Waals surface area contributed by atoms with Gasteiger partial charge in [-0.05, 0) is 30.7 Å². The van der Waals surface area contributed by atoms with Crippen LogP contribution in [0.2, 0.25) is 0 Å². The zero-order valence-electron chi connectivity index (χ0n) is 12.7. The number of rotatable bonds is 6. The van der Waals surface area contributed by atoms with Gasteiger partial charge in [0.25, 0.3) is 5.91 Å². The zero-order chi connectivity index (χ0) is 16.7. The van der Waals surface area contributed by atoms with E-state index >= 15 is 0 Å². The van der Waals surface area contributed by atoms with Crippen molar-refractivity contribution in [1.29, 1.82) is 0 Å². The molecule has 0 bridgehead atoms. The third-order valence-electron chi connectivity index (χ3n) is 2.98. The summed E-state index contributed by atoms with van der Waals surface area (Å²) in [5.41, 5.74) is 3.14. The fourth-order valence-electron chi connectivity index (χ4n) is 1.85. The Labute approximate surface area is 134 Å². The highest BCUT2D eigenvalue weighted by molar-refractivity contribution is 5.97. The minimum Gasteiger partial charge on any atom is -0.508 e. The van der Waals surface area contributed by atoms with E-state index in [0.29, 0.717) is 23.5 Å². The maximum Gasteiger partial charge on any atom is 0.275 e. The Morgan fingerprint density at radius 2 is 2.04 bits per heavy atom. The van der Waals surface area contributed by atoms with Gasteiger partial charge in [-0.3, -0.25) is 4.79 Å². The summed E-state index contributed by atoms with van der Waals surface area (Å²) in [7, 11) is 0. The summed E-state index contributed by atoms with van der Waals surface area (Å²) in [6.07, 6.45) is 2.14. The average molecular weight is 314 g/mol. The zero-order valence-corrected chi connectivity index (χ0v) is 12.7. The Kier molecular flexibility index (Phi) is 5.57. The van der Waals surface area contributed by atoms with Gasteiger partial charge in [-0.2, -0.15) is 5.10 Å². The molecule has 0 saturated carbocycles. The maximum absolute atomic E-state index is 12.2. The smallest absolute Gasteiger partial charge is 0.275 e. The normalized spacial score (nSPS) is 10.7. The molecule has 0 aliphatic carbocycles. The Bertz CT molecular complexity index is 713. The topological polar surface area (TPSA) is 91.2 Å². The molecule has 2 rings (SSSR count). The predicted octanol–water partition coefficient (Wildman–Crippen LogP) is 2.65. The lowest BCUT2D eigenvalue weighted by atomic mass is 10.2. The Morgan fingerprint density at radius 3 is 2.78 bits per heavy atom. The third kappa shape index (κ3) is 4.47. The van der Waals surface area contributed by atoms with Gasteiger partial charge in [0, 0.05) is 11.6 Å². The second-order valence-electron chi connectivity index (χ2n) is 4.79. The number of phenolic OH excluding ortho intramolecular Hbond substituents is 2. The van der Waals surface area contributed by atoms with Crippen molar-refractivity contribution in [2.75, 3.05) is 6.61 Å². The molecule has 0 radical (unpaired) electrons. The van der Waals surface area contributed by atoms with Gasteiger partial charge in [-0.15, -0.1) is 0 Å². The first kappa shape index (κ1) is 16.4. The van der Waals surface area contributed by atoms with Crippen LogP contribution in [-0.4, -0.2) is 28.9 Å². The lowest BCUT2D eigenvalue weighted by molar-refractivity contribution is 0.0951. The van der Waals surface area contributed by atoms with Gasteiger partial charge in [-0.1, -0.05) is 19.1 Å². The SMILES string of the molecule is CCCOc1ccccc1C(=O)N/N=C/c1ccc(O)cc1O. The van der Waals surface area contributed by atoms with E-state index in [1.165, 1.54) is 24.4 Å². The number of hydrogen-bond donors (Lipinski definition) is 3. The van der Waals surface area contributed by atoms with Gasteiger partial charge in [0.15, 0.2) is 0 Å². The summed E-state index contributed by atoms with van der Waals surface area (Å²) in [4.78, 5) is 12.2. The van der Waals surface area contributed by atoms with E-state index in [9.17, 15) is 15.0 Å². The van der Waals surface area contributed by atoms with Crippen LogP contribution in [0.15, 0.2) is 47.6 Å². The number of hydrogen-bond acceptors (Lipinski definition) is 5. The molecule has 1 amide bonds. The number of amides is 1. The van der Waals surface area contributed by atoms with Crippen LogP contribution in [0.3, 0.4) is 0 Å². The molecule has 0 aliphatic heterocycles. The number of nitrogens with one attached hydrogen (secondary N) is 1. The van der Waals surface area contributed by atoms with E-state index < -0.39 is 5.91 Å². The molecule has 0 aromatic heterocycles. The first-order valence-corrected chi connectivity index (χ1v) is 7.19. The van der Waals surface area contributed by atoms with Gasteiger partial charge in [-0.25, -0.2) is 5.43 Å². The van der Waals surface area contributed by atoms with Crippen LogP contribution >= 0.6 is 0 Å². The van der Waals surface area contributed by atoms with Crippen molar-refractivity contribution in [3.05, 3.63) is 53.6 Å². The monoisotopic (exact) mass is 314 g/mol. The Morgan fingerprint density at radius 1 is 1.26 bits per heavy atom. The molecule has 0 atom stereocenters. The summed E-state index contributed by atoms with van der Waals surface area (Å²) in [6.45, 7) is 2.51. The fraction of sp³-hybridized carbons (Fsp3) is 0.176. The van der Waals surface area contributed by atoms with E-state index in [2.05, 4.69) is 10.5 Å². The average Bonchev–Trinajstić information content (AvgIpc) is 2.55. The molecule has 120 valence electrons. The largest absolute Gasteiger partial charge is 0.508 e. The molecule has 0 aliphatic rings. The third-order valence-corrected chi connectivity index (χ3v) is 2.98. The molecule has 0 unspecified atom stereocenters. The van der Waals surface area contributed by atoms with Crippen LogP contribution in [0.25, 0.3) is 0 Å². The molecule has 0 heterocycles. The van der Waals surface area contributed by atoms with Crippen molar-refractivity contribution in [3.8, 4) is 17.2 Å². The van der Waals surface area contributed by atoms with Gasteiger partial charge in [0.05, 0.1) is 18.4 Å². The van der Waals surface area contributed by atoms with Gasteiger partial charge in [0.2, 0.25) is 0 Å². The predicted molar refractivity (Wildman–Crippen MR) is 87.1 cm³/mol. The molecule has 0 fully saturated rings. The number of aromatic hydroxyl groups is 2. The molecule has 3 N–H and O–H groups in total. The van der Waals surface area contributed by atoms with Crippen molar-refractivity contribution >= 4 is 12.1 Å². The molecular weight excluding hydrogens is 296 g/mol. The first-order valence-electron chi connectivity index (χ1n) is 7.19. The first-order chi connectivity index (χ1) is 11.1. The van der Waals surface area contributed by atoms with Crippen LogP contribution in [0, 0.1) is 0 Å². The molecule has 0 spiro atoms. The van der Waals surface area contributed by atoms with Gasteiger partial charge in [0.1, 0.15) is 17.2 Å². The number of nitrogens with zero attached hydrogens (tertiary/aromatic N) is 1. The van der Waals surface area contributed by atoms with Crippen LogP contribution in [-0.2, 0) is 0 Å². The summed E-state index contributed by atoms with van der Waals surface area (Å²) in [5, 5.41) is 22.7. The van der Waals surface area contributed by atoms with E-state index in [-0.39, 0.29) is 11.5 Å². The van der Waals surface area contributed by atoms with Gasteiger partial charge >= 0.3 is 0 Å². The molecule has 6 nitrogen and oxygen atoms in total. The van der Waals surface area contributed by atoms with E-state index in [1.807, 2.05) is 6.92 Å². The van der Waals surface area contributed by atoms with Gasteiger partial charge < -0.3 is 14.9 Å². The number of carbonyl (C=O) groups excluding carboxylic acids is 1. The molecule has 6 heteroatoms. The minimum absolute atomic E-state index is 0.0503. The quantitative estimate of drug-likeness (QED) is 0.564. The van der Waals surface area contributed by atoms with E-state index in [4.69, 9.17) is 4.74 Å². The number of benzene rings is 2. The van der Waals surface area contributed by atoms with Crippen molar-refractivity contribution in [3.63, 3.8) is 0 Å². The standard InChI is InChI=1S/C17H18N2O4/c1-2-9-23-16-6-4-3-5-14(16)17(22)19-18-11-12-7-8-13(20)10-15(12)21/h3-8,10-11,20-21H,2,9H2,1H3,(H,19,22)/b18-11+. The number of hydrazone groups is 1. The molecule has 2 aromatic rings. The van der Waals surface area contributed by atoms with Crippen molar-refractivity contribution in [2.45, 2.75) is 13.3 Å². The van der Waals surface area contributed by atoms with E-state index in [0.717, 1.165) is 6.42 Å². The number of phenols is 2. The summed E-state index contributed by atoms with van der Waals surface area (Å²) in [5.74, 6) is -0.0962. The minimum atomic E-state index is -0.411. The van der Waals surface area contributed by atoms with Crippen LogP contribution < -0.4 is 10.2 Å². The molecule has 2 aromatic carbocycles. The number of ether oxygens (including phenoxy) is 1. The maximum atomic E-state index is 12.2. The molecule has 0 saturated heterocycles. The highest BCUT2D eigenvalue weighted by Crippen LogP contribution is 2.21. The second kappa shape index (κ2) is 7.84. The highest BCUT2D eigenvalue weighted by Gasteiger charge is 2.11. The second-order valence-corrected chi connectivity index (χ2v) is 4.79. The Balaban J connectivity index is 2.06. The van der Waals surface area contributed by atoms with Crippen molar-refractivity contribution in [1.82, 2.24) is 5.43 Å². The molecule has 23 heavy (non-hydrogen) atoms. The lowest BCUT2D eigenvalue weighted by Crippen LogP contribution is -2.18. The summed E-state index contributed by atoms with van der Waals surface area (Å²) in [6, 6.07) is 11.0. The Hall–Kier alpha value is -3.02. The highest BCUT2D eigenvalue weighted by atomic mass is 16.5. The van der Waals surface area contributed by atoms with Crippen molar-refractivity contribution < 1.29 is 19.7 Å². The van der Waals surface area contributed by atoms with Crippen LogP contribution in [0.4, 0.5) is 0 Å².